The number of halogens is 2. The second-order valence-corrected chi connectivity index (χ2v) is 7.16. The van der Waals surface area contributed by atoms with Crippen LogP contribution in [0.25, 0.3) is 11.4 Å². The molecule has 2 aromatic carbocycles. The monoisotopic (exact) mass is 408 g/mol. The minimum absolute atomic E-state index is 0.153. The lowest BCUT2D eigenvalue weighted by Crippen LogP contribution is -2.14. The van der Waals surface area contributed by atoms with Crippen molar-refractivity contribution >= 4 is 46.6 Å². The van der Waals surface area contributed by atoms with Crippen molar-refractivity contribution < 1.29 is 9.90 Å². The number of anilines is 1. The molecule has 0 spiro atoms. The van der Waals surface area contributed by atoms with Gasteiger partial charge in [-0.2, -0.15) is 0 Å². The van der Waals surface area contributed by atoms with Gasteiger partial charge in [-0.1, -0.05) is 35.0 Å². The number of carbonyl (C=O) groups is 1. The van der Waals surface area contributed by atoms with Crippen molar-refractivity contribution in [2.45, 2.75) is 5.16 Å². The van der Waals surface area contributed by atoms with Crippen LogP contribution < -0.4 is 5.32 Å². The van der Waals surface area contributed by atoms with E-state index >= 15 is 0 Å². The molecule has 2 N–H and O–H groups in total. The smallest absolute Gasteiger partial charge is 0.234 e. The van der Waals surface area contributed by atoms with Crippen molar-refractivity contribution in [2.75, 3.05) is 11.1 Å². The van der Waals surface area contributed by atoms with Crippen LogP contribution >= 0.6 is 35.0 Å². The van der Waals surface area contributed by atoms with Crippen LogP contribution in [0.2, 0.25) is 10.0 Å². The van der Waals surface area contributed by atoms with Crippen molar-refractivity contribution in [1.29, 1.82) is 0 Å². The Labute approximate surface area is 164 Å². The van der Waals surface area contributed by atoms with Crippen LogP contribution in [0.15, 0.2) is 47.6 Å². The molecule has 0 atom stereocenters. The fraction of sp³-hybridized carbons (Fsp3) is 0.118. The molecular weight excluding hydrogens is 395 g/mol. The summed E-state index contributed by atoms with van der Waals surface area (Å²) >= 11 is 13.1. The number of rotatable bonds is 5. The van der Waals surface area contributed by atoms with Crippen LogP contribution in [0.3, 0.4) is 0 Å². The maximum absolute atomic E-state index is 12.1. The summed E-state index contributed by atoms with van der Waals surface area (Å²) in [5, 5.41) is 21.8. The molecule has 0 aliphatic rings. The van der Waals surface area contributed by atoms with Crippen LogP contribution in [-0.4, -0.2) is 31.5 Å². The van der Waals surface area contributed by atoms with E-state index in [2.05, 4.69) is 15.5 Å². The lowest BCUT2D eigenvalue weighted by Gasteiger charge is -2.07. The highest BCUT2D eigenvalue weighted by molar-refractivity contribution is 7.99. The van der Waals surface area contributed by atoms with Crippen molar-refractivity contribution in [1.82, 2.24) is 14.8 Å². The predicted octanol–water partition coefficient (Wildman–Crippen LogP) is 4.23. The van der Waals surface area contributed by atoms with Gasteiger partial charge in [-0.25, -0.2) is 0 Å². The number of aromatic hydroxyl groups is 1. The van der Waals surface area contributed by atoms with Gasteiger partial charge in [0.25, 0.3) is 0 Å². The molecule has 0 saturated carbocycles. The Bertz CT molecular complexity index is 944. The third-order valence-electron chi connectivity index (χ3n) is 3.50. The van der Waals surface area contributed by atoms with E-state index < -0.39 is 0 Å². The van der Waals surface area contributed by atoms with Crippen LogP contribution in [0, 0.1) is 0 Å². The molecule has 0 fully saturated rings. The number of hydrogen-bond acceptors (Lipinski definition) is 5. The minimum atomic E-state index is -0.214. The summed E-state index contributed by atoms with van der Waals surface area (Å²) in [6.07, 6.45) is 0. The van der Waals surface area contributed by atoms with Gasteiger partial charge in [-0.05, 0) is 42.5 Å². The van der Waals surface area contributed by atoms with Gasteiger partial charge in [0, 0.05) is 17.6 Å². The van der Waals surface area contributed by atoms with E-state index in [4.69, 9.17) is 23.2 Å². The summed E-state index contributed by atoms with van der Waals surface area (Å²) in [5.74, 6) is 0.769. The molecule has 1 amide bonds. The number of phenolic OH excluding ortho intramolecular Hbond substituents is 1. The minimum Gasteiger partial charge on any atom is -0.508 e. The second kappa shape index (κ2) is 7.99. The lowest BCUT2D eigenvalue weighted by atomic mass is 10.2. The maximum Gasteiger partial charge on any atom is 0.234 e. The number of phenols is 1. The Morgan fingerprint density at radius 2 is 1.92 bits per heavy atom. The Hall–Kier alpha value is -2.22. The average molecular weight is 409 g/mol. The first-order valence-electron chi connectivity index (χ1n) is 7.50. The zero-order valence-corrected chi connectivity index (χ0v) is 15.9. The number of nitrogens with one attached hydrogen (secondary N) is 1. The maximum atomic E-state index is 12.1. The molecular formula is C17H14Cl2N4O2S. The van der Waals surface area contributed by atoms with Crippen molar-refractivity contribution in [3.8, 4) is 17.1 Å². The van der Waals surface area contributed by atoms with Crippen LogP contribution in [0.4, 0.5) is 5.69 Å². The Morgan fingerprint density at radius 3 is 2.62 bits per heavy atom. The lowest BCUT2D eigenvalue weighted by molar-refractivity contribution is -0.113. The highest BCUT2D eigenvalue weighted by Crippen LogP contribution is 2.27. The number of thioether (sulfide) groups is 1. The number of benzene rings is 2. The van der Waals surface area contributed by atoms with E-state index in [1.165, 1.54) is 11.8 Å². The van der Waals surface area contributed by atoms with Gasteiger partial charge in [-0.15, -0.1) is 10.2 Å². The molecule has 0 bridgehead atoms. The summed E-state index contributed by atoms with van der Waals surface area (Å²) in [4.78, 5) is 12.1. The molecule has 0 unspecified atom stereocenters. The summed E-state index contributed by atoms with van der Waals surface area (Å²) in [7, 11) is 1.82. The van der Waals surface area contributed by atoms with Gasteiger partial charge in [0.05, 0.1) is 16.5 Å². The van der Waals surface area contributed by atoms with Crippen LogP contribution in [-0.2, 0) is 11.8 Å². The molecule has 0 radical (unpaired) electrons. The first-order valence-corrected chi connectivity index (χ1v) is 9.24. The number of nitrogens with zero attached hydrogens (tertiary/aromatic N) is 3. The van der Waals surface area contributed by atoms with Crippen molar-refractivity contribution in [2.24, 2.45) is 7.05 Å². The van der Waals surface area contributed by atoms with E-state index in [-0.39, 0.29) is 17.4 Å². The zero-order valence-electron chi connectivity index (χ0n) is 13.6. The van der Waals surface area contributed by atoms with Gasteiger partial charge < -0.3 is 15.0 Å². The molecule has 26 heavy (non-hydrogen) atoms. The van der Waals surface area contributed by atoms with Gasteiger partial charge in [0.15, 0.2) is 11.0 Å². The molecule has 134 valence electrons. The number of aromatic nitrogens is 3. The topological polar surface area (TPSA) is 80.0 Å². The molecule has 1 aromatic heterocycles. The number of hydrogen-bond donors (Lipinski definition) is 2. The third-order valence-corrected chi connectivity index (χ3v) is 5.07. The van der Waals surface area contributed by atoms with E-state index in [0.717, 1.165) is 5.56 Å². The van der Waals surface area contributed by atoms with E-state index in [9.17, 15) is 9.90 Å². The standard InChI is InChI=1S/C17H14Cl2N4O2S/c1-23-16(10-2-5-12(24)6-3-10)21-22-17(23)26-9-15(25)20-14-7-4-11(18)8-13(14)19/h2-8,24H,9H2,1H3,(H,20,25). The largest absolute Gasteiger partial charge is 0.508 e. The zero-order chi connectivity index (χ0) is 18.7. The average Bonchev–Trinajstić information content (AvgIpc) is 2.97. The molecule has 0 saturated heterocycles. The Balaban J connectivity index is 1.64. The Kier molecular flexibility index (Phi) is 5.70. The molecule has 3 aromatic rings. The SMILES string of the molecule is Cn1c(SCC(=O)Nc2ccc(Cl)cc2Cl)nnc1-c1ccc(O)cc1. The fourth-order valence-corrected chi connectivity index (χ4v) is 3.38. The van der Waals surface area contributed by atoms with Gasteiger partial charge in [0.2, 0.25) is 5.91 Å². The van der Waals surface area contributed by atoms with Crippen LogP contribution in [0.1, 0.15) is 0 Å². The highest BCUT2D eigenvalue weighted by Gasteiger charge is 2.13. The molecule has 1 heterocycles. The summed E-state index contributed by atoms with van der Waals surface area (Å²) in [6.45, 7) is 0. The van der Waals surface area contributed by atoms with E-state index in [1.807, 2.05) is 7.05 Å². The Morgan fingerprint density at radius 1 is 1.19 bits per heavy atom. The van der Waals surface area contributed by atoms with Crippen LogP contribution in [0.5, 0.6) is 5.75 Å². The van der Waals surface area contributed by atoms with Crippen molar-refractivity contribution in [3.63, 3.8) is 0 Å². The van der Waals surface area contributed by atoms with E-state index in [0.29, 0.717) is 26.7 Å². The predicted molar refractivity (Wildman–Crippen MR) is 104 cm³/mol. The quantitative estimate of drug-likeness (QED) is 0.617. The molecule has 0 aliphatic carbocycles. The molecule has 9 heteroatoms. The number of amides is 1. The fourth-order valence-electron chi connectivity index (χ4n) is 2.21. The summed E-state index contributed by atoms with van der Waals surface area (Å²) in [5.41, 5.74) is 1.33. The van der Waals surface area contributed by atoms with Gasteiger partial charge in [0.1, 0.15) is 5.75 Å². The number of carbonyl (C=O) groups excluding carboxylic acids is 1. The third kappa shape index (κ3) is 4.30. The van der Waals surface area contributed by atoms with Gasteiger partial charge >= 0.3 is 0 Å². The second-order valence-electron chi connectivity index (χ2n) is 5.37. The normalized spacial score (nSPS) is 10.7. The van der Waals surface area contributed by atoms with Crippen molar-refractivity contribution in [3.05, 3.63) is 52.5 Å². The summed E-state index contributed by atoms with van der Waals surface area (Å²) in [6, 6.07) is 11.5. The molecule has 0 aliphatic heterocycles. The summed E-state index contributed by atoms with van der Waals surface area (Å²) < 4.78 is 1.79. The van der Waals surface area contributed by atoms with Gasteiger partial charge in [-0.3, -0.25) is 4.79 Å². The highest BCUT2D eigenvalue weighted by atomic mass is 35.5. The first-order chi connectivity index (χ1) is 12.4. The first kappa shape index (κ1) is 18.6. The van der Waals surface area contributed by atoms with E-state index in [1.54, 1.807) is 47.0 Å². The molecule has 3 rings (SSSR count). The molecule has 6 nitrogen and oxygen atoms in total.